The van der Waals surface area contributed by atoms with E-state index in [1.807, 2.05) is 0 Å². The molecule has 11 rings (SSSR count). The van der Waals surface area contributed by atoms with Crippen molar-refractivity contribution in [3.8, 4) is 11.1 Å². The molecule has 60 heavy (non-hydrogen) atoms. The van der Waals surface area contributed by atoms with Crippen molar-refractivity contribution in [3.63, 3.8) is 0 Å². The zero-order valence-electron chi connectivity index (χ0n) is 35.1. The highest BCUT2D eigenvalue weighted by Gasteiger charge is 2.41. The predicted octanol–water partition coefficient (Wildman–Crippen LogP) is 14.9. The van der Waals surface area contributed by atoms with E-state index in [9.17, 15) is 0 Å². The monoisotopic (exact) mass is 774 g/mol. The third-order valence-corrected chi connectivity index (χ3v) is 14.0. The molecular weight excluding hydrogens is 725 g/mol. The van der Waals surface area contributed by atoms with Gasteiger partial charge in [0.25, 0.3) is 0 Å². The Kier molecular flexibility index (Phi) is 8.64. The molecular formula is C58H50N2. The molecule has 0 aromatic heterocycles. The maximum Gasteiger partial charge on any atom is 0.160 e. The lowest BCUT2D eigenvalue weighted by Crippen LogP contribution is -2.34. The Morgan fingerprint density at radius 2 is 1.25 bits per heavy atom. The molecule has 0 radical (unpaired) electrons. The molecule has 0 fully saturated rings. The van der Waals surface area contributed by atoms with Gasteiger partial charge in [0, 0.05) is 17.9 Å². The van der Waals surface area contributed by atoms with E-state index in [0.717, 1.165) is 52.2 Å². The second-order valence-electron chi connectivity index (χ2n) is 18.6. The molecule has 8 aromatic carbocycles. The summed E-state index contributed by atoms with van der Waals surface area (Å²) < 4.78 is 0. The van der Waals surface area contributed by atoms with E-state index in [0.29, 0.717) is 6.42 Å². The lowest BCUT2D eigenvalue weighted by Gasteiger charge is -2.43. The third kappa shape index (κ3) is 6.07. The van der Waals surface area contributed by atoms with Crippen molar-refractivity contribution >= 4 is 49.6 Å². The van der Waals surface area contributed by atoms with Gasteiger partial charge in [0.05, 0.1) is 11.4 Å². The molecule has 0 saturated heterocycles. The molecule has 0 bridgehead atoms. The topological polar surface area (TPSA) is 24.7 Å². The maximum atomic E-state index is 5.43. The molecule has 8 aromatic rings. The molecule has 0 saturated carbocycles. The first-order chi connectivity index (χ1) is 29.2. The minimum atomic E-state index is 0.102. The summed E-state index contributed by atoms with van der Waals surface area (Å²) in [6, 6.07) is 58.4. The summed E-state index contributed by atoms with van der Waals surface area (Å²) in [5.74, 6) is 0.985. The van der Waals surface area contributed by atoms with Crippen LogP contribution in [0.15, 0.2) is 174 Å². The number of hydrogen-bond donors (Lipinski definition) is 0. The number of amidine groups is 1. The van der Waals surface area contributed by atoms with Gasteiger partial charge in [-0.1, -0.05) is 185 Å². The zero-order valence-corrected chi connectivity index (χ0v) is 35.1. The van der Waals surface area contributed by atoms with Gasteiger partial charge in [-0.25, -0.2) is 9.98 Å². The smallest absolute Gasteiger partial charge is 0.160 e. The van der Waals surface area contributed by atoms with E-state index in [1.54, 1.807) is 5.56 Å². The average Bonchev–Trinajstić information content (AvgIpc) is 3.61. The first-order valence-electron chi connectivity index (χ1n) is 21.9. The quantitative estimate of drug-likeness (QED) is 0.170. The normalized spacial score (nSPS) is 18.1. The van der Waals surface area contributed by atoms with Gasteiger partial charge in [0.2, 0.25) is 0 Å². The summed E-state index contributed by atoms with van der Waals surface area (Å²) in [7, 11) is 0. The van der Waals surface area contributed by atoms with Crippen LogP contribution in [0.4, 0.5) is 0 Å². The van der Waals surface area contributed by atoms with Crippen LogP contribution < -0.4 is 0 Å². The Morgan fingerprint density at radius 1 is 0.533 bits per heavy atom. The highest BCUT2D eigenvalue weighted by atomic mass is 14.9. The number of aryl methyl sites for hydroxylation is 1. The molecule has 3 aliphatic rings. The summed E-state index contributed by atoms with van der Waals surface area (Å²) in [4.78, 5) is 10.7. The number of nitrogens with zero attached hydrogens (tertiary/aromatic N) is 2. The van der Waals surface area contributed by atoms with Crippen molar-refractivity contribution in [2.24, 2.45) is 9.98 Å². The lowest BCUT2D eigenvalue weighted by molar-refractivity contribution is 0.332. The van der Waals surface area contributed by atoms with Crippen LogP contribution in [0.3, 0.4) is 0 Å². The highest BCUT2D eigenvalue weighted by molar-refractivity contribution is 6.19. The van der Waals surface area contributed by atoms with Crippen LogP contribution in [0.5, 0.6) is 0 Å². The fourth-order valence-corrected chi connectivity index (χ4v) is 10.8. The molecule has 0 spiro atoms. The summed E-state index contributed by atoms with van der Waals surface area (Å²) in [6.07, 6.45) is 7.45. The number of fused-ring (bicyclic) bond motifs is 9. The van der Waals surface area contributed by atoms with Crippen molar-refractivity contribution in [1.29, 1.82) is 0 Å². The molecule has 2 aliphatic carbocycles. The first-order valence-corrected chi connectivity index (χ1v) is 21.9. The number of allylic oxidation sites excluding steroid dienone is 1. The van der Waals surface area contributed by atoms with Gasteiger partial charge in [-0.2, -0.15) is 0 Å². The SMILES string of the molecule is CC1(C)CCC(C)(C)c2c1ccc1c2-c2ccc3ccccc3c2[C@H](c2cccc3cc(C4=NC(c5cccc6ccccc56)=NC(c5ccccc5)=CC4)ccc23)CC1. The van der Waals surface area contributed by atoms with Gasteiger partial charge < -0.3 is 0 Å². The third-order valence-electron chi connectivity index (χ3n) is 14.0. The van der Waals surface area contributed by atoms with Gasteiger partial charge in [-0.05, 0) is 125 Å². The predicted molar refractivity (Wildman–Crippen MR) is 255 cm³/mol. The van der Waals surface area contributed by atoms with E-state index in [-0.39, 0.29) is 16.7 Å². The molecule has 0 unspecified atom stereocenters. The summed E-state index contributed by atoms with van der Waals surface area (Å²) >= 11 is 0. The van der Waals surface area contributed by atoms with Crippen molar-refractivity contribution < 1.29 is 0 Å². The van der Waals surface area contributed by atoms with Gasteiger partial charge in [-0.15, -0.1) is 0 Å². The standard InChI is InChI=1S/C58H50N2/c1-57(2)34-35-58(3,4)55-50(57)31-27-40-25-29-47(54-45-21-11-9-15-38(45)24-30-49(54)53(40)55)46-22-13-19-41-36-42(26-28-44(41)46)52-33-32-51(39-16-6-5-7-17-39)59-56(60-52)48-23-12-18-37-14-8-10-20-43(37)48/h5-24,26-28,30-32,36,47H,25,29,33-35H2,1-4H3/t47-/m0/s1. The highest BCUT2D eigenvalue weighted by Crippen LogP contribution is 2.54. The summed E-state index contributed by atoms with van der Waals surface area (Å²) in [6.45, 7) is 9.88. The fraction of sp³-hybridized carbons (Fsp3) is 0.207. The number of hydrogen-bond acceptors (Lipinski definition) is 2. The van der Waals surface area contributed by atoms with Crippen molar-refractivity contribution in [3.05, 3.63) is 208 Å². The van der Waals surface area contributed by atoms with E-state index in [2.05, 4.69) is 191 Å². The molecule has 2 nitrogen and oxygen atoms in total. The van der Waals surface area contributed by atoms with Crippen LogP contribution in [-0.4, -0.2) is 11.5 Å². The van der Waals surface area contributed by atoms with Crippen LogP contribution in [-0.2, 0) is 17.3 Å². The minimum Gasteiger partial charge on any atom is -0.232 e. The van der Waals surface area contributed by atoms with Gasteiger partial charge in [0.1, 0.15) is 0 Å². The molecule has 1 aliphatic heterocycles. The molecule has 1 atom stereocenters. The number of benzene rings is 8. The second-order valence-corrected chi connectivity index (χ2v) is 18.6. The Morgan fingerprint density at radius 3 is 2.10 bits per heavy atom. The molecule has 292 valence electrons. The summed E-state index contributed by atoms with van der Waals surface area (Å²) in [5.41, 5.74) is 16.0. The minimum absolute atomic E-state index is 0.102. The van der Waals surface area contributed by atoms with Crippen LogP contribution in [0.2, 0.25) is 0 Å². The second kappa shape index (κ2) is 14.1. The molecule has 1 heterocycles. The zero-order chi connectivity index (χ0) is 40.6. The van der Waals surface area contributed by atoms with Crippen LogP contribution in [0.25, 0.3) is 49.1 Å². The number of rotatable bonds is 4. The maximum absolute atomic E-state index is 5.43. The number of aliphatic imine (C=N–C) groups is 2. The van der Waals surface area contributed by atoms with E-state index in [4.69, 9.17) is 9.98 Å². The molecule has 0 amide bonds. The van der Waals surface area contributed by atoms with Gasteiger partial charge in [0.15, 0.2) is 5.84 Å². The first kappa shape index (κ1) is 36.7. The van der Waals surface area contributed by atoms with Crippen LogP contribution in [0, 0.1) is 0 Å². The Labute approximate surface area is 354 Å². The fourth-order valence-electron chi connectivity index (χ4n) is 10.8. The van der Waals surface area contributed by atoms with E-state index < -0.39 is 0 Å². The van der Waals surface area contributed by atoms with Crippen molar-refractivity contribution in [2.75, 3.05) is 0 Å². The Balaban J connectivity index is 1.06. The largest absolute Gasteiger partial charge is 0.232 e. The molecule has 2 heteroatoms. The van der Waals surface area contributed by atoms with E-state index in [1.165, 1.54) is 73.2 Å². The van der Waals surface area contributed by atoms with Gasteiger partial charge in [-0.3, -0.25) is 0 Å². The van der Waals surface area contributed by atoms with Gasteiger partial charge >= 0.3 is 0 Å². The lowest BCUT2D eigenvalue weighted by atomic mass is 9.61. The van der Waals surface area contributed by atoms with E-state index >= 15 is 0 Å². The average molecular weight is 775 g/mol. The summed E-state index contributed by atoms with van der Waals surface area (Å²) in [5, 5.41) is 7.60. The Hall–Kier alpha value is -6.38. The van der Waals surface area contributed by atoms with Crippen LogP contribution >= 0.6 is 0 Å². The van der Waals surface area contributed by atoms with Crippen LogP contribution in [0.1, 0.15) is 104 Å². The Bertz CT molecular complexity index is 3110. The molecule has 0 N–H and O–H groups in total. The van der Waals surface area contributed by atoms with Crippen molar-refractivity contribution in [2.45, 2.75) is 76.5 Å². The van der Waals surface area contributed by atoms with Crippen molar-refractivity contribution in [1.82, 2.24) is 0 Å².